The fourth-order valence-corrected chi connectivity index (χ4v) is 1.85. The summed E-state index contributed by atoms with van der Waals surface area (Å²) in [5, 5.41) is 5.51. The number of anilines is 2. The summed E-state index contributed by atoms with van der Waals surface area (Å²) in [6.07, 6.45) is 4.54. The van der Waals surface area contributed by atoms with Crippen LogP contribution in [0.1, 0.15) is 39.0 Å². The van der Waals surface area contributed by atoms with Gasteiger partial charge in [0, 0.05) is 24.7 Å². The van der Waals surface area contributed by atoms with Crippen LogP contribution in [0.3, 0.4) is 0 Å². The van der Waals surface area contributed by atoms with E-state index in [1.54, 1.807) is 24.3 Å². The average molecular weight is 277 g/mol. The van der Waals surface area contributed by atoms with Crippen LogP contribution in [0.4, 0.5) is 11.4 Å². The average Bonchev–Trinajstić information content (AvgIpc) is 2.40. The van der Waals surface area contributed by atoms with Gasteiger partial charge in [-0.15, -0.1) is 0 Å². The number of unbranched alkanes of at least 4 members (excludes halogenated alkanes) is 3. The first-order chi connectivity index (χ1) is 9.61. The van der Waals surface area contributed by atoms with Gasteiger partial charge >= 0.3 is 0 Å². The van der Waals surface area contributed by atoms with E-state index in [4.69, 9.17) is 5.73 Å². The zero-order valence-electron chi connectivity index (χ0n) is 11.9. The minimum Gasteiger partial charge on any atom is -0.330 e. The van der Waals surface area contributed by atoms with Crippen molar-refractivity contribution in [1.82, 2.24) is 0 Å². The number of carbonyl (C=O) groups excluding carboxylic acids is 2. The molecule has 0 spiro atoms. The van der Waals surface area contributed by atoms with Crippen LogP contribution >= 0.6 is 0 Å². The molecule has 0 aliphatic carbocycles. The Bertz CT molecular complexity index is 429. The van der Waals surface area contributed by atoms with Gasteiger partial charge in [-0.2, -0.15) is 0 Å². The Morgan fingerprint density at radius 2 is 1.50 bits per heavy atom. The molecule has 0 aliphatic heterocycles. The minimum absolute atomic E-state index is 0.0185. The van der Waals surface area contributed by atoms with E-state index in [1.807, 2.05) is 0 Å². The monoisotopic (exact) mass is 277 g/mol. The largest absolute Gasteiger partial charge is 0.330 e. The number of hydrogen-bond donors (Lipinski definition) is 3. The van der Waals surface area contributed by atoms with Crippen LogP contribution in [0.2, 0.25) is 0 Å². The summed E-state index contributed by atoms with van der Waals surface area (Å²) in [4.78, 5) is 22.6. The van der Waals surface area contributed by atoms with Gasteiger partial charge in [0.1, 0.15) is 0 Å². The first kappa shape index (κ1) is 16.2. The fraction of sp³-hybridized carbons (Fsp3) is 0.467. The van der Waals surface area contributed by atoms with Crippen molar-refractivity contribution in [3.8, 4) is 0 Å². The highest BCUT2D eigenvalue weighted by Crippen LogP contribution is 2.14. The smallest absolute Gasteiger partial charge is 0.224 e. The van der Waals surface area contributed by atoms with E-state index in [9.17, 15) is 9.59 Å². The Labute approximate surface area is 119 Å². The molecule has 0 aliphatic rings. The molecule has 0 unspecified atom stereocenters. The highest BCUT2D eigenvalue weighted by molar-refractivity contribution is 5.92. The molecule has 2 amide bonds. The number of hydrogen-bond acceptors (Lipinski definition) is 3. The maximum atomic E-state index is 11.7. The predicted molar refractivity (Wildman–Crippen MR) is 81.5 cm³/mol. The molecule has 0 saturated carbocycles. The minimum atomic E-state index is -0.112. The zero-order valence-corrected chi connectivity index (χ0v) is 11.9. The Kier molecular flexibility index (Phi) is 7.35. The summed E-state index contributed by atoms with van der Waals surface area (Å²) >= 11 is 0. The molecule has 0 bridgehead atoms. The molecule has 1 aromatic carbocycles. The first-order valence-corrected chi connectivity index (χ1v) is 6.99. The lowest BCUT2D eigenvalue weighted by atomic mass is 10.1. The molecule has 0 radical (unpaired) electrons. The molecule has 0 aromatic heterocycles. The molecule has 20 heavy (non-hydrogen) atoms. The van der Waals surface area contributed by atoms with E-state index in [0.717, 1.165) is 37.1 Å². The van der Waals surface area contributed by atoms with Crippen LogP contribution in [0.15, 0.2) is 24.3 Å². The quantitative estimate of drug-likeness (QED) is 0.638. The van der Waals surface area contributed by atoms with Gasteiger partial charge in [0.15, 0.2) is 0 Å². The van der Waals surface area contributed by atoms with Crippen LogP contribution < -0.4 is 16.4 Å². The Balaban J connectivity index is 2.29. The van der Waals surface area contributed by atoms with Crippen LogP contribution in [0, 0.1) is 0 Å². The lowest BCUT2D eigenvalue weighted by molar-refractivity contribution is -0.116. The van der Waals surface area contributed by atoms with Crippen molar-refractivity contribution in [1.29, 1.82) is 0 Å². The molecule has 4 N–H and O–H groups in total. The molecule has 0 saturated heterocycles. The van der Waals surface area contributed by atoms with Crippen LogP contribution in [-0.4, -0.2) is 18.4 Å². The maximum Gasteiger partial charge on any atom is 0.224 e. The summed E-state index contributed by atoms with van der Waals surface area (Å²) in [5.41, 5.74) is 6.87. The van der Waals surface area contributed by atoms with E-state index in [1.165, 1.54) is 6.92 Å². The normalized spacial score (nSPS) is 10.1. The lowest BCUT2D eigenvalue weighted by Crippen LogP contribution is -2.11. The van der Waals surface area contributed by atoms with Crippen LogP contribution in [-0.2, 0) is 9.59 Å². The number of benzene rings is 1. The van der Waals surface area contributed by atoms with Gasteiger partial charge < -0.3 is 16.4 Å². The summed E-state index contributed by atoms with van der Waals surface area (Å²) < 4.78 is 0. The van der Waals surface area contributed by atoms with Gasteiger partial charge in [0.2, 0.25) is 11.8 Å². The van der Waals surface area contributed by atoms with Crippen molar-refractivity contribution in [2.75, 3.05) is 17.2 Å². The number of rotatable bonds is 8. The van der Waals surface area contributed by atoms with Gasteiger partial charge in [-0.25, -0.2) is 0 Å². The van der Waals surface area contributed by atoms with Gasteiger partial charge in [0.25, 0.3) is 0 Å². The molecule has 0 heterocycles. The maximum absolute atomic E-state index is 11.7. The second kappa shape index (κ2) is 9.09. The summed E-state index contributed by atoms with van der Waals surface area (Å²) in [5.74, 6) is -0.0932. The number of carbonyl (C=O) groups is 2. The van der Waals surface area contributed by atoms with Gasteiger partial charge in [-0.1, -0.05) is 12.8 Å². The third-order valence-corrected chi connectivity index (χ3v) is 2.85. The van der Waals surface area contributed by atoms with Crippen molar-refractivity contribution in [3.05, 3.63) is 24.3 Å². The van der Waals surface area contributed by atoms with Crippen molar-refractivity contribution in [2.24, 2.45) is 5.73 Å². The summed E-state index contributed by atoms with van der Waals surface area (Å²) in [6, 6.07) is 7.08. The van der Waals surface area contributed by atoms with E-state index in [0.29, 0.717) is 13.0 Å². The Hall–Kier alpha value is -1.88. The van der Waals surface area contributed by atoms with Gasteiger partial charge in [-0.05, 0) is 43.7 Å². The predicted octanol–water partition coefficient (Wildman–Crippen LogP) is 2.49. The van der Waals surface area contributed by atoms with Crippen molar-refractivity contribution in [2.45, 2.75) is 39.0 Å². The molecular formula is C15H23N3O2. The van der Waals surface area contributed by atoms with E-state index >= 15 is 0 Å². The van der Waals surface area contributed by atoms with E-state index in [2.05, 4.69) is 10.6 Å². The Morgan fingerprint density at radius 1 is 0.950 bits per heavy atom. The number of nitrogens with one attached hydrogen (secondary N) is 2. The molecular weight excluding hydrogens is 254 g/mol. The van der Waals surface area contributed by atoms with Crippen LogP contribution in [0.5, 0.6) is 0 Å². The molecule has 5 heteroatoms. The highest BCUT2D eigenvalue weighted by Gasteiger charge is 2.02. The van der Waals surface area contributed by atoms with Crippen LogP contribution in [0.25, 0.3) is 0 Å². The van der Waals surface area contributed by atoms with Crippen molar-refractivity contribution in [3.63, 3.8) is 0 Å². The van der Waals surface area contributed by atoms with E-state index in [-0.39, 0.29) is 11.8 Å². The first-order valence-electron chi connectivity index (χ1n) is 6.99. The lowest BCUT2D eigenvalue weighted by Gasteiger charge is -2.07. The molecule has 1 rings (SSSR count). The second-order valence-corrected chi connectivity index (χ2v) is 4.76. The molecule has 0 atom stereocenters. The number of amides is 2. The summed E-state index contributed by atoms with van der Waals surface area (Å²) in [6.45, 7) is 2.17. The SMILES string of the molecule is CC(=O)Nc1ccc(NC(=O)CCCCCCN)cc1. The summed E-state index contributed by atoms with van der Waals surface area (Å²) in [7, 11) is 0. The third-order valence-electron chi connectivity index (χ3n) is 2.85. The standard InChI is InChI=1S/C15H23N3O2/c1-12(19)17-13-7-9-14(10-8-13)18-15(20)6-4-2-3-5-11-16/h7-10H,2-6,11,16H2,1H3,(H,17,19)(H,18,20). The zero-order chi connectivity index (χ0) is 14.8. The molecule has 110 valence electrons. The molecule has 1 aromatic rings. The van der Waals surface area contributed by atoms with Gasteiger partial charge in [0.05, 0.1) is 0 Å². The van der Waals surface area contributed by atoms with E-state index < -0.39 is 0 Å². The second-order valence-electron chi connectivity index (χ2n) is 4.76. The third kappa shape index (κ3) is 6.89. The highest BCUT2D eigenvalue weighted by atomic mass is 16.2. The molecule has 5 nitrogen and oxygen atoms in total. The van der Waals surface area contributed by atoms with Crippen molar-refractivity contribution >= 4 is 23.2 Å². The fourth-order valence-electron chi connectivity index (χ4n) is 1.85. The number of nitrogens with two attached hydrogens (primary N) is 1. The molecule has 0 fully saturated rings. The topological polar surface area (TPSA) is 84.2 Å². The Morgan fingerprint density at radius 3 is 2.05 bits per heavy atom. The van der Waals surface area contributed by atoms with Gasteiger partial charge in [-0.3, -0.25) is 9.59 Å². The van der Waals surface area contributed by atoms with Crippen molar-refractivity contribution < 1.29 is 9.59 Å².